The zero-order valence-corrected chi connectivity index (χ0v) is 10.4. The van der Waals surface area contributed by atoms with Crippen LogP contribution in [0.2, 0.25) is 0 Å². The molecule has 9 nitrogen and oxygen atoms in total. The van der Waals surface area contributed by atoms with Gasteiger partial charge in [-0.2, -0.15) is 9.97 Å². The Bertz CT molecular complexity index is 645. The van der Waals surface area contributed by atoms with Gasteiger partial charge < -0.3 is 36.1 Å². The number of rotatable bonds is 2. The first-order valence-electron chi connectivity index (χ1n) is 6.05. The number of fused-ring (bicyclic) bond motifs is 1. The number of aromatic nitrogens is 3. The molecule has 0 spiro atoms. The zero-order valence-electron chi connectivity index (χ0n) is 10.4. The molecule has 1 fully saturated rings. The third kappa shape index (κ3) is 1.79. The Hall–Kier alpha value is -1.94. The van der Waals surface area contributed by atoms with E-state index in [0.717, 1.165) is 0 Å². The van der Waals surface area contributed by atoms with Gasteiger partial charge in [-0.05, 0) is 6.07 Å². The van der Waals surface area contributed by atoms with Gasteiger partial charge in [0.25, 0.3) is 0 Å². The first kappa shape index (κ1) is 13.1. The number of aliphatic hydroxyl groups is 3. The monoisotopic (exact) mass is 281 g/mol. The molecule has 0 radical (unpaired) electrons. The van der Waals surface area contributed by atoms with Crippen molar-refractivity contribution in [2.75, 3.05) is 18.1 Å². The predicted octanol–water partition coefficient (Wildman–Crippen LogP) is -1.79. The number of nitrogens with zero attached hydrogens (tertiary/aromatic N) is 3. The fraction of sp³-hybridized carbons (Fsp3) is 0.455. The van der Waals surface area contributed by atoms with Gasteiger partial charge in [0.15, 0.2) is 6.23 Å². The van der Waals surface area contributed by atoms with Gasteiger partial charge in [-0.25, -0.2) is 0 Å². The molecule has 4 atom stereocenters. The molecule has 0 saturated carbocycles. The van der Waals surface area contributed by atoms with Crippen LogP contribution in [0.4, 0.5) is 11.8 Å². The minimum atomic E-state index is -1.19. The zero-order chi connectivity index (χ0) is 14.4. The molecule has 0 unspecified atom stereocenters. The predicted molar refractivity (Wildman–Crippen MR) is 69.4 cm³/mol. The van der Waals surface area contributed by atoms with Gasteiger partial charge in [0.05, 0.1) is 12.0 Å². The maximum Gasteiger partial charge on any atom is 0.223 e. The summed E-state index contributed by atoms with van der Waals surface area (Å²) in [4.78, 5) is 7.91. The Labute approximate surface area is 113 Å². The number of nitrogen functional groups attached to an aromatic ring is 2. The van der Waals surface area contributed by atoms with E-state index < -0.39 is 31.1 Å². The molecule has 0 aliphatic carbocycles. The summed E-state index contributed by atoms with van der Waals surface area (Å²) in [5.74, 6) is 0.222. The quantitative estimate of drug-likeness (QED) is 0.432. The molecular formula is C11H15N5O4. The van der Waals surface area contributed by atoms with Gasteiger partial charge in [-0.3, -0.25) is 0 Å². The lowest BCUT2D eigenvalue weighted by Gasteiger charge is -2.17. The summed E-state index contributed by atoms with van der Waals surface area (Å²) in [5, 5.41) is 29.5. The van der Waals surface area contributed by atoms with Crippen LogP contribution in [0.1, 0.15) is 6.23 Å². The standard InChI is InChI=1S/C11H15N5O4/c12-8-4-1-2-16(9(4)15-11(13)14-8)10-7(19)6(18)5(3-17)20-10/h1-2,5-7,10,17-19H,3H2,(H4,12,13,14,15)/t5-,6-,7+,10-/m1/s1. The molecular weight excluding hydrogens is 266 g/mol. The lowest BCUT2D eigenvalue weighted by Crippen LogP contribution is -2.33. The van der Waals surface area contributed by atoms with Crippen molar-refractivity contribution in [3.8, 4) is 0 Å². The molecule has 108 valence electrons. The summed E-state index contributed by atoms with van der Waals surface area (Å²) in [7, 11) is 0. The van der Waals surface area contributed by atoms with Gasteiger partial charge in [-0.1, -0.05) is 0 Å². The van der Waals surface area contributed by atoms with Crippen molar-refractivity contribution in [3.05, 3.63) is 12.3 Å². The molecule has 2 aromatic heterocycles. The van der Waals surface area contributed by atoms with Crippen molar-refractivity contribution < 1.29 is 20.1 Å². The third-order valence-electron chi connectivity index (χ3n) is 3.41. The minimum Gasteiger partial charge on any atom is -0.394 e. The fourth-order valence-corrected chi connectivity index (χ4v) is 2.39. The molecule has 1 aliphatic heterocycles. The summed E-state index contributed by atoms with van der Waals surface area (Å²) < 4.78 is 6.95. The number of anilines is 2. The Balaban J connectivity index is 2.07. The number of hydrogen-bond donors (Lipinski definition) is 5. The Morgan fingerprint density at radius 1 is 1.25 bits per heavy atom. The molecule has 7 N–H and O–H groups in total. The Morgan fingerprint density at radius 2 is 2.00 bits per heavy atom. The highest BCUT2D eigenvalue weighted by Crippen LogP contribution is 2.32. The van der Waals surface area contributed by atoms with Gasteiger partial charge in [-0.15, -0.1) is 0 Å². The van der Waals surface area contributed by atoms with Crippen LogP contribution in [-0.4, -0.2) is 54.8 Å². The molecule has 0 bridgehead atoms. The molecule has 1 saturated heterocycles. The van der Waals surface area contributed by atoms with Crippen molar-refractivity contribution in [1.82, 2.24) is 14.5 Å². The summed E-state index contributed by atoms with van der Waals surface area (Å²) in [6, 6.07) is 1.67. The van der Waals surface area contributed by atoms with E-state index in [4.69, 9.17) is 21.3 Å². The van der Waals surface area contributed by atoms with Gasteiger partial charge in [0, 0.05) is 6.20 Å². The maximum atomic E-state index is 10.0. The average Bonchev–Trinajstić information content (AvgIpc) is 2.93. The van der Waals surface area contributed by atoms with Crippen LogP contribution in [0.25, 0.3) is 11.0 Å². The highest BCUT2D eigenvalue weighted by Gasteiger charge is 2.43. The van der Waals surface area contributed by atoms with Crippen molar-refractivity contribution >= 4 is 22.8 Å². The largest absolute Gasteiger partial charge is 0.394 e. The fourth-order valence-electron chi connectivity index (χ4n) is 2.39. The molecule has 2 aromatic rings. The SMILES string of the molecule is Nc1nc(N)c2ccn([C@@H]3O[C@H](CO)[C@@H](O)[C@@H]3O)c2n1. The van der Waals surface area contributed by atoms with Gasteiger partial charge >= 0.3 is 0 Å². The average molecular weight is 281 g/mol. The van der Waals surface area contributed by atoms with Crippen LogP contribution < -0.4 is 11.5 Å². The van der Waals surface area contributed by atoms with Crippen LogP contribution in [0, 0.1) is 0 Å². The van der Waals surface area contributed by atoms with E-state index >= 15 is 0 Å². The maximum absolute atomic E-state index is 10.0. The molecule has 20 heavy (non-hydrogen) atoms. The second-order valence-electron chi connectivity index (χ2n) is 4.66. The van der Waals surface area contributed by atoms with Gasteiger partial charge in [0.2, 0.25) is 5.95 Å². The first-order chi connectivity index (χ1) is 9.52. The van der Waals surface area contributed by atoms with E-state index in [1.807, 2.05) is 0 Å². The Kier molecular flexibility index (Phi) is 2.98. The van der Waals surface area contributed by atoms with E-state index in [0.29, 0.717) is 11.0 Å². The van der Waals surface area contributed by atoms with Gasteiger partial charge in [0.1, 0.15) is 29.8 Å². The molecule has 1 aliphatic rings. The molecule has 3 heterocycles. The van der Waals surface area contributed by atoms with Crippen molar-refractivity contribution in [2.45, 2.75) is 24.5 Å². The number of aliphatic hydroxyl groups excluding tert-OH is 3. The molecule has 0 aromatic carbocycles. The summed E-state index contributed by atoms with van der Waals surface area (Å²) in [6.07, 6.45) is -2.51. The number of nitrogens with two attached hydrogens (primary N) is 2. The lowest BCUT2D eigenvalue weighted by atomic mass is 10.1. The number of ether oxygens (including phenoxy) is 1. The molecule has 3 rings (SSSR count). The van der Waals surface area contributed by atoms with Crippen LogP contribution in [0.3, 0.4) is 0 Å². The normalized spacial score (nSPS) is 30.1. The number of hydrogen-bond acceptors (Lipinski definition) is 8. The summed E-state index contributed by atoms with van der Waals surface area (Å²) in [6.45, 7) is -0.396. The molecule has 9 heteroatoms. The van der Waals surface area contributed by atoms with Crippen molar-refractivity contribution in [3.63, 3.8) is 0 Å². The van der Waals surface area contributed by atoms with Crippen molar-refractivity contribution in [2.24, 2.45) is 0 Å². The third-order valence-corrected chi connectivity index (χ3v) is 3.41. The van der Waals surface area contributed by atoms with E-state index in [2.05, 4.69) is 9.97 Å². The molecule has 0 amide bonds. The summed E-state index contributed by atoms with van der Waals surface area (Å²) >= 11 is 0. The second kappa shape index (κ2) is 4.56. The Morgan fingerprint density at radius 3 is 2.65 bits per heavy atom. The first-order valence-corrected chi connectivity index (χ1v) is 6.05. The van der Waals surface area contributed by atoms with Crippen LogP contribution in [0.5, 0.6) is 0 Å². The van der Waals surface area contributed by atoms with Crippen LogP contribution in [-0.2, 0) is 4.74 Å². The van der Waals surface area contributed by atoms with E-state index in [-0.39, 0.29) is 11.8 Å². The van der Waals surface area contributed by atoms with Crippen LogP contribution in [0.15, 0.2) is 12.3 Å². The summed E-state index contributed by atoms with van der Waals surface area (Å²) in [5.41, 5.74) is 11.7. The topological polar surface area (TPSA) is 153 Å². The lowest BCUT2D eigenvalue weighted by molar-refractivity contribution is -0.0508. The van der Waals surface area contributed by atoms with E-state index in [1.165, 1.54) is 4.57 Å². The van der Waals surface area contributed by atoms with E-state index in [9.17, 15) is 10.2 Å². The highest BCUT2D eigenvalue weighted by molar-refractivity contribution is 5.87. The highest BCUT2D eigenvalue weighted by atomic mass is 16.6. The van der Waals surface area contributed by atoms with Crippen molar-refractivity contribution in [1.29, 1.82) is 0 Å². The van der Waals surface area contributed by atoms with E-state index in [1.54, 1.807) is 12.3 Å². The minimum absolute atomic E-state index is 0.00157. The van der Waals surface area contributed by atoms with Crippen LogP contribution >= 0.6 is 0 Å². The smallest absolute Gasteiger partial charge is 0.223 e. The second-order valence-corrected chi connectivity index (χ2v) is 4.66.